The molecule has 2 heteroatoms. The Bertz CT molecular complexity index is 822. The number of hydrogen-bond acceptors (Lipinski definition) is 1. The molecule has 0 aliphatic rings. The maximum absolute atomic E-state index is 4.86. The van der Waals surface area contributed by atoms with Crippen LogP contribution < -0.4 is 5.32 Å². The smallest absolute Gasteiger partial charge is 0.0973 e. The van der Waals surface area contributed by atoms with E-state index < -0.39 is 0 Å². The van der Waals surface area contributed by atoms with Gasteiger partial charge in [0.05, 0.1) is 5.84 Å². The summed E-state index contributed by atoms with van der Waals surface area (Å²) in [6.07, 6.45) is 7.43. The van der Waals surface area contributed by atoms with Gasteiger partial charge in [0.25, 0.3) is 0 Å². The van der Waals surface area contributed by atoms with Crippen molar-refractivity contribution in [2.45, 2.75) is 123 Å². The predicted octanol–water partition coefficient (Wildman–Crippen LogP) is 11.2. The summed E-state index contributed by atoms with van der Waals surface area (Å²) in [5.41, 5.74) is 6.61. The first-order chi connectivity index (χ1) is 17.3. The monoisotopic (exact) mass is 513 g/mol. The molecule has 0 aromatic heterocycles. The van der Waals surface area contributed by atoms with Crippen LogP contribution in [0.4, 0.5) is 0 Å². The zero-order chi connectivity index (χ0) is 29.8. The summed E-state index contributed by atoms with van der Waals surface area (Å²) < 4.78 is 0. The molecule has 0 heterocycles. The van der Waals surface area contributed by atoms with Crippen LogP contribution in [0.2, 0.25) is 0 Å². The molecule has 1 aromatic carbocycles. The third-order valence-corrected chi connectivity index (χ3v) is 7.66. The van der Waals surface area contributed by atoms with Gasteiger partial charge in [0, 0.05) is 12.2 Å². The van der Waals surface area contributed by atoms with Gasteiger partial charge in [-0.25, -0.2) is 0 Å². The Balaban J connectivity index is -0.000000639. The van der Waals surface area contributed by atoms with Gasteiger partial charge in [-0.3, -0.25) is 4.99 Å². The van der Waals surface area contributed by atoms with Crippen LogP contribution in [-0.4, -0.2) is 12.4 Å². The van der Waals surface area contributed by atoms with Crippen LogP contribution in [0, 0.1) is 23.7 Å². The van der Waals surface area contributed by atoms with Crippen molar-refractivity contribution in [3.05, 3.63) is 65.4 Å². The number of aliphatic imine (C=N–C) groups is 1. The summed E-state index contributed by atoms with van der Waals surface area (Å²) in [7, 11) is 0. The molecule has 0 saturated heterocycles. The lowest BCUT2D eigenvalue weighted by Gasteiger charge is -2.48. The number of nitrogens with one attached hydrogen (secondary N) is 1. The van der Waals surface area contributed by atoms with Gasteiger partial charge in [0.1, 0.15) is 0 Å². The number of rotatable bonds is 10. The fourth-order valence-corrected chi connectivity index (χ4v) is 4.33. The van der Waals surface area contributed by atoms with Gasteiger partial charge < -0.3 is 5.32 Å². The lowest BCUT2D eigenvalue weighted by atomic mass is 9.57. The van der Waals surface area contributed by atoms with Crippen LogP contribution in [-0.2, 0) is 6.42 Å². The number of allylic oxidation sites excluding steroid dienone is 3. The van der Waals surface area contributed by atoms with Gasteiger partial charge in [0.2, 0.25) is 0 Å². The molecule has 0 saturated carbocycles. The molecule has 0 bridgehead atoms. The molecule has 1 N–H and O–H groups in total. The average molecular weight is 513 g/mol. The van der Waals surface area contributed by atoms with Gasteiger partial charge in [-0.05, 0) is 73.6 Å². The molecular weight excluding hydrogens is 448 g/mol. The van der Waals surface area contributed by atoms with Gasteiger partial charge in [-0.15, -0.1) is 0 Å². The third kappa shape index (κ3) is 13.9. The average Bonchev–Trinajstić information content (AvgIpc) is 2.88. The van der Waals surface area contributed by atoms with Crippen molar-refractivity contribution in [1.29, 1.82) is 0 Å². The Hall–Kier alpha value is -2.09. The lowest BCUT2D eigenvalue weighted by molar-refractivity contribution is 0.0212. The minimum Gasteiger partial charge on any atom is -0.348 e. The first-order valence-electron chi connectivity index (χ1n) is 14.6. The van der Waals surface area contributed by atoms with Crippen LogP contribution >= 0.6 is 0 Å². The highest BCUT2D eigenvalue weighted by atomic mass is 15.0. The van der Waals surface area contributed by atoms with Gasteiger partial charge in [-0.1, -0.05) is 132 Å². The first kappa shape index (κ1) is 39.4. The van der Waals surface area contributed by atoms with Crippen LogP contribution in [0.25, 0.3) is 6.08 Å². The van der Waals surface area contributed by atoms with Crippen molar-refractivity contribution >= 4 is 11.9 Å². The van der Waals surface area contributed by atoms with E-state index in [-0.39, 0.29) is 5.41 Å². The minimum absolute atomic E-state index is 0.200. The molecule has 1 aromatic rings. The molecule has 1 atom stereocenters. The van der Waals surface area contributed by atoms with Gasteiger partial charge in [0.15, 0.2) is 0 Å². The SMILES string of the molecule is C=C(C)/C=C(/C)NC(C)=NCC(C)(C(C)C)C(C)(CC)CC.C=Cc1ccc(CC)cc1C.CC.CC. The van der Waals surface area contributed by atoms with Crippen LogP contribution in [0.15, 0.2) is 53.7 Å². The highest BCUT2D eigenvalue weighted by Crippen LogP contribution is 2.49. The molecule has 0 spiro atoms. The Labute approximate surface area is 233 Å². The third-order valence-electron chi connectivity index (χ3n) is 7.66. The number of hydrogen-bond donors (Lipinski definition) is 1. The van der Waals surface area contributed by atoms with E-state index >= 15 is 0 Å². The van der Waals surface area contributed by atoms with E-state index in [0.29, 0.717) is 11.3 Å². The molecule has 0 fully saturated rings. The lowest BCUT2D eigenvalue weighted by Crippen LogP contribution is -2.44. The fraction of sp³-hybridized carbons (Fsp3) is 0.629. The van der Waals surface area contributed by atoms with E-state index in [2.05, 4.69) is 99.0 Å². The summed E-state index contributed by atoms with van der Waals surface area (Å²) in [5.74, 6) is 1.58. The first-order valence-corrected chi connectivity index (χ1v) is 14.6. The number of aryl methyl sites for hydroxylation is 2. The van der Waals surface area contributed by atoms with E-state index in [9.17, 15) is 0 Å². The van der Waals surface area contributed by atoms with E-state index in [0.717, 1.165) is 30.1 Å². The summed E-state index contributed by atoms with van der Waals surface area (Å²) in [6, 6.07) is 6.50. The summed E-state index contributed by atoms with van der Waals surface area (Å²) in [6.45, 7) is 41.0. The highest BCUT2D eigenvalue weighted by molar-refractivity contribution is 5.81. The van der Waals surface area contributed by atoms with Crippen LogP contribution in [0.3, 0.4) is 0 Å². The highest BCUT2D eigenvalue weighted by Gasteiger charge is 2.44. The molecule has 0 aliphatic carbocycles. The Morgan fingerprint density at radius 1 is 1.00 bits per heavy atom. The van der Waals surface area contributed by atoms with Crippen molar-refractivity contribution in [2.75, 3.05) is 6.54 Å². The molecule has 0 aliphatic heterocycles. The van der Waals surface area contributed by atoms with Gasteiger partial charge in [-0.2, -0.15) is 0 Å². The second-order valence-electron chi connectivity index (χ2n) is 10.3. The Morgan fingerprint density at radius 3 is 1.86 bits per heavy atom. The van der Waals surface area contributed by atoms with Crippen molar-refractivity contribution < 1.29 is 0 Å². The fourth-order valence-electron chi connectivity index (χ4n) is 4.33. The topological polar surface area (TPSA) is 24.4 Å². The maximum atomic E-state index is 4.86. The number of amidine groups is 1. The Kier molecular flexibility index (Phi) is 22.3. The molecule has 1 unspecified atom stereocenters. The second-order valence-corrected chi connectivity index (χ2v) is 10.3. The molecule has 0 radical (unpaired) electrons. The minimum atomic E-state index is 0.200. The molecule has 37 heavy (non-hydrogen) atoms. The van der Waals surface area contributed by atoms with Crippen molar-refractivity contribution in [2.24, 2.45) is 21.7 Å². The molecule has 1 rings (SSSR count). The zero-order valence-corrected chi connectivity index (χ0v) is 27.7. The molecule has 0 amide bonds. The normalized spacial score (nSPS) is 13.1. The summed E-state index contributed by atoms with van der Waals surface area (Å²) >= 11 is 0. The van der Waals surface area contributed by atoms with Gasteiger partial charge >= 0.3 is 0 Å². The summed E-state index contributed by atoms with van der Waals surface area (Å²) in [5, 5.41) is 3.36. The van der Waals surface area contributed by atoms with E-state index in [4.69, 9.17) is 4.99 Å². The van der Waals surface area contributed by atoms with Crippen molar-refractivity contribution in [1.82, 2.24) is 5.32 Å². The zero-order valence-electron chi connectivity index (χ0n) is 27.7. The van der Waals surface area contributed by atoms with Crippen LogP contribution in [0.1, 0.15) is 126 Å². The van der Waals surface area contributed by atoms with Crippen molar-refractivity contribution in [3.8, 4) is 0 Å². The number of benzene rings is 1. The quantitative estimate of drug-likeness (QED) is 0.188. The van der Waals surface area contributed by atoms with E-state index in [1.54, 1.807) is 0 Å². The van der Waals surface area contributed by atoms with E-state index in [1.807, 2.05) is 53.7 Å². The second kappa shape index (κ2) is 20.9. The molecular formula is C35H64N2. The standard InChI is InChI=1S/C20H38N2.C11H14.2C2H6/c1-11-19(9,12-2)20(10,16(5)6)14-21-18(8)22-17(7)13-15(3)4;1-4-10-6-7-11(5-2)9(3)8-10;2*1-2/h13,16H,3,11-12,14H2,1-2,4-10H3,(H,21,22);5-8H,2,4H2,1,3H3;2*1-2H3/b17-13-;;;. The Morgan fingerprint density at radius 2 is 1.51 bits per heavy atom. The predicted molar refractivity (Wildman–Crippen MR) is 175 cm³/mol. The van der Waals surface area contributed by atoms with Crippen molar-refractivity contribution in [3.63, 3.8) is 0 Å². The molecule has 214 valence electrons. The van der Waals surface area contributed by atoms with E-state index in [1.165, 1.54) is 29.5 Å². The maximum Gasteiger partial charge on any atom is 0.0973 e. The van der Waals surface area contributed by atoms with Crippen LogP contribution in [0.5, 0.6) is 0 Å². The largest absolute Gasteiger partial charge is 0.348 e. The molecule has 2 nitrogen and oxygen atoms in total. The number of nitrogens with zero attached hydrogens (tertiary/aromatic N) is 1. The summed E-state index contributed by atoms with van der Waals surface area (Å²) in [4.78, 5) is 4.86.